The first kappa shape index (κ1) is 20.1. The molecule has 1 amide bonds. The number of hydrogen-bond acceptors (Lipinski definition) is 4. The molecule has 1 aromatic carbocycles. The molecule has 6 nitrogen and oxygen atoms in total. The van der Waals surface area contributed by atoms with E-state index in [-0.39, 0.29) is 5.91 Å². The molecule has 1 aliphatic heterocycles. The number of para-hydroxylation sites is 1. The number of fused-ring (bicyclic) bond motifs is 1. The molecule has 2 fully saturated rings. The van der Waals surface area contributed by atoms with Crippen LogP contribution in [-0.2, 0) is 10.0 Å². The van der Waals surface area contributed by atoms with Gasteiger partial charge in [-0.3, -0.25) is 9.78 Å². The lowest BCUT2D eigenvalue weighted by atomic mass is 10.0. The smallest absolute Gasteiger partial charge is 0.334 e. The number of rotatable bonds is 5. The molecule has 1 saturated heterocycles. The van der Waals surface area contributed by atoms with Gasteiger partial charge in [0, 0.05) is 30.7 Å². The molecule has 0 bridgehead atoms. The lowest BCUT2D eigenvalue weighted by molar-refractivity contribution is -0.0448. The predicted molar refractivity (Wildman–Crippen MR) is 101 cm³/mol. The van der Waals surface area contributed by atoms with Crippen LogP contribution in [0.4, 0.5) is 13.2 Å². The van der Waals surface area contributed by atoms with E-state index in [9.17, 15) is 26.4 Å². The summed E-state index contributed by atoms with van der Waals surface area (Å²) in [5.41, 5.74) is -3.06. The van der Waals surface area contributed by atoms with Crippen LogP contribution in [0.15, 0.2) is 30.5 Å². The first-order chi connectivity index (χ1) is 13.7. The summed E-state index contributed by atoms with van der Waals surface area (Å²) < 4.78 is 61.9. The Kier molecular flexibility index (Phi) is 5.02. The lowest BCUT2D eigenvalue weighted by Crippen LogP contribution is -2.46. The fourth-order valence-electron chi connectivity index (χ4n) is 3.87. The number of likely N-dealkylation sites (tertiary alicyclic amines) is 1. The van der Waals surface area contributed by atoms with E-state index >= 15 is 0 Å². The normalized spacial score (nSPS) is 20.4. The lowest BCUT2D eigenvalue weighted by Gasteiger charge is -2.25. The highest BCUT2D eigenvalue weighted by Crippen LogP contribution is 2.43. The zero-order valence-electron chi connectivity index (χ0n) is 15.4. The average molecular weight is 427 g/mol. The summed E-state index contributed by atoms with van der Waals surface area (Å²) in [6, 6.07) is 6.68. The van der Waals surface area contributed by atoms with Crippen molar-refractivity contribution in [3.05, 3.63) is 41.6 Å². The SMILES string of the molecule is O=C(c1ccnc2c(C3CC3)cccc12)N1CCC[C@H]1CNS(=O)(=O)C(F)(F)F. The van der Waals surface area contributed by atoms with Crippen molar-refractivity contribution in [2.45, 2.75) is 43.2 Å². The minimum Gasteiger partial charge on any atom is -0.334 e. The van der Waals surface area contributed by atoms with Crippen LogP contribution in [0.3, 0.4) is 0 Å². The van der Waals surface area contributed by atoms with Crippen LogP contribution in [0, 0.1) is 0 Å². The molecule has 0 unspecified atom stereocenters. The van der Waals surface area contributed by atoms with E-state index in [0.717, 1.165) is 23.9 Å². The zero-order valence-corrected chi connectivity index (χ0v) is 16.3. The van der Waals surface area contributed by atoms with Gasteiger partial charge >= 0.3 is 15.5 Å². The predicted octanol–water partition coefficient (Wildman–Crippen LogP) is 3.16. The van der Waals surface area contributed by atoms with Gasteiger partial charge in [-0.2, -0.15) is 13.2 Å². The van der Waals surface area contributed by atoms with Crippen molar-refractivity contribution in [1.82, 2.24) is 14.6 Å². The Labute approximate surface area is 166 Å². The molecule has 0 spiro atoms. The molecule has 1 aliphatic carbocycles. The average Bonchev–Trinajstić information content (AvgIpc) is 3.41. The number of carbonyl (C=O) groups excluding carboxylic acids is 1. The van der Waals surface area contributed by atoms with Crippen LogP contribution in [0.2, 0.25) is 0 Å². The molecular formula is C19H20F3N3O3S. The Morgan fingerprint density at radius 1 is 1.21 bits per heavy atom. The topological polar surface area (TPSA) is 79.4 Å². The second-order valence-electron chi connectivity index (χ2n) is 7.47. The van der Waals surface area contributed by atoms with Gasteiger partial charge in [-0.05, 0) is 43.2 Å². The summed E-state index contributed by atoms with van der Waals surface area (Å²) >= 11 is 0. The van der Waals surface area contributed by atoms with Crippen LogP contribution in [-0.4, -0.2) is 48.8 Å². The third-order valence-electron chi connectivity index (χ3n) is 5.50. The molecule has 10 heteroatoms. The van der Waals surface area contributed by atoms with Crippen molar-refractivity contribution in [2.75, 3.05) is 13.1 Å². The van der Waals surface area contributed by atoms with Gasteiger partial charge in [0.05, 0.1) is 11.1 Å². The molecule has 29 heavy (non-hydrogen) atoms. The molecular weight excluding hydrogens is 407 g/mol. The second kappa shape index (κ2) is 7.24. The first-order valence-electron chi connectivity index (χ1n) is 9.43. The standard InChI is InChI=1S/C19H20F3N3O3S/c20-19(21,22)29(27,28)24-11-13-3-2-10-25(13)18(26)16-8-9-23-17-14(12-6-7-12)4-1-5-15(16)17/h1,4-5,8-9,12-13,24H,2-3,6-7,10-11H2/t13-/m0/s1. The number of nitrogens with zero attached hydrogens (tertiary/aromatic N) is 2. The number of benzene rings is 1. The minimum absolute atomic E-state index is 0.320. The molecule has 2 aromatic rings. The largest absolute Gasteiger partial charge is 0.511 e. The molecule has 1 N–H and O–H groups in total. The summed E-state index contributed by atoms with van der Waals surface area (Å²) in [4.78, 5) is 19.1. The van der Waals surface area contributed by atoms with Crippen LogP contribution in [0.25, 0.3) is 10.9 Å². The van der Waals surface area contributed by atoms with Crippen molar-refractivity contribution in [3.8, 4) is 0 Å². The van der Waals surface area contributed by atoms with Crippen LogP contribution in [0.1, 0.15) is 47.5 Å². The van der Waals surface area contributed by atoms with Gasteiger partial charge in [-0.25, -0.2) is 13.1 Å². The Bertz CT molecular complexity index is 1050. The molecule has 1 aromatic heterocycles. The molecule has 1 saturated carbocycles. The number of halogens is 3. The Hall–Kier alpha value is -2.20. The van der Waals surface area contributed by atoms with E-state index in [4.69, 9.17) is 0 Å². The van der Waals surface area contributed by atoms with E-state index in [0.29, 0.717) is 36.3 Å². The Balaban J connectivity index is 1.58. The van der Waals surface area contributed by atoms with Crippen LogP contribution < -0.4 is 4.72 Å². The molecule has 2 heterocycles. The number of amides is 1. The Morgan fingerprint density at radius 3 is 2.66 bits per heavy atom. The van der Waals surface area contributed by atoms with Gasteiger partial charge in [0.25, 0.3) is 5.91 Å². The van der Waals surface area contributed by atoms with Crippen molar-refractivity contribution in [3.63, 3.8) is 0 Å². The number of pyridine rings is 1. The maximum atomic E-state index is 13.2. The fourth-order valence-corrected chi connectivity index (χ4v) is 4.44. The van der Waals surface area contributed by atoms with Gasteiger partial charge in [0.15, 0.2) is 0 Å². The summed E-state index contributed by atoms with van der Waals surface area (Å²) in [7, 11) is -5.44. The van der Waals surface area contributed by atoms with Crippen LogP contribution >= 0.6 is 0 Å². The van der Waals surface area contributed by atoms with E-state index < -0.39 is 28.1 Å². The van der Waals surface area contributed by atoms with Gasteiger partial charge < -0.3 is 4.90 Å². The number of carbonyl (C=O) groups is 1. The fraction of sp³-hybridized carbons (Fsp3) is 0.474. The van der Waals surface area contributed by atoms with Crippen molar-refractivity contribution in [2.24, 2.45) is 0 Å². The van der Waals surface area contributed by atoms with E-state index in [1.807, 2.05) is 18.2 Å². The van der Waals surface area contributed by atoms with Gasteiger partial charge in [0.1, 0.15) is 0 Å². The number of sulfonamides is 1. The highest BCUT2D eigenvalue weighted by atomic mass is 32.2. The minimum atomic E-state index is -5.44. The molecule has 1 atom stereocenters. The van der Waals surface area contributed by atoms with E-state index in [1.54, 1.807) is 17.0 Å². The van der Waals surface area contributed by atoms with Gasteiger partial charge in [0.2, 0.25) is 0 Å². The summed E-state index contributed by atoms with van der Waals surface area (Å²) in [5, 5.41) is 0.712. The number of alkyl halides is 3. The molecule has 4 rings (SSSR count). The number of nitrogens with one attached hydrogen (secondary N) is 1. The third kappa shape index (κ3) is 3.83. The van der Waals surface area contributed by atoms with E-state index in [1.165, 1.54) is 4.90 Å². The maximum absolute atomic E-state index is 13.2. The zero-order chi connectivity index (χ0) is 20.8. The number of hydrogen-bond donors (Lipinski definition) is 1. The quantitative estimate of drug-likeness (QED) is 0.795. The maximum Gasteiger partial charge on any atom is 0.511 e. The van der Waals surface area contributed by atoms with Gasteiger partial charge in [-0.1, -0.05) is 18.2 Å². The summed E-state index contributed by atoms with van der Waals surface area (Å²) in [5.74, 6) is 0.131. The monoisotopic (exact) mass is 427 g/mol. The van der Waals surface area contributed by atoms with Crippen molar-refractivity contribution in [1.29, 1.82) is 0 Å². The highest BCUT2D eigenvalue weighted by molar-refractivity contribution is 7.90. The summed E-state index contributed by atoms with van der Waals surface area (Å²) in [6.07, 6.45) is 4.78. The van der Waals surface area contributed by atoms with E-state index in [2.05, 4.69) is 4.98 Å². The second-order valence-corrected chi connectivity index (χ2v) is 9.23. The molecule has 2 aliphatic rings. The summed E-state index contributed by atoms with van der Waals surface area (Å²) in [6.45, 7) is -0.104. The number of aromatic nitrogens is 1. The van der Waals surface area contributed by atoms with Crippen LogP contribution in [0.5, 0.6) is 0 Å². The van der Waals surface area contributed by atoms with Gasteiger partial charge in [-0.15, -0.1) is 0 Å². The van der Waals surface area contributed by atoms with Crippen molar-refractivity contribution < 1.29 is 26.4 Å². The molecule has 0 radical (unpaired) electrons. The Morgan fingerprint density at radius 2 is 1.97 bits per heavy atom. The van der Waals surface area contributed by atoms with Crippen molar-refractivity contribution >= 4 is 26.8 Å². The highest BCUT2D eigenvalue weighted by Gasteiger charge is 2.46. The third-order valence-corrected chi connectivity index (χ3v) is 6.66. The molecule has 156 valence electrons. The first-order valence-corrected chi connectivity index (χ1v) is 10.9.